The van der Waals surface area contributed by atoms with E-state index in [1.807, 2.05) is 0 Å². The minimum atomic E-state index is -4.20. The summed E-state index contributed by atoms with van der Waals surface area (Å²) in [6, 6.07) is 13.9. The quantitative estimate of drug-likeness (QED) is 0.230. The highest BCUT2D eigenvalue weighted by atomic mass is 32.2. The van der Waals surface area contributed by atoms with Gasteiger partial charge in [-0.2, -0.15) is 0 Å². The van der Waals surface area contributed by atoms with Crippen LogP contribution in [0, 0.1) is 5.82 Å². The minimum Gasteiger partial charge on any atom is -0.492 e. The van der Waals surface area contributed by atoms with Crippen LogP contribution in [0.4, 0.5) is 9.18 Å². The minimum absolute atomic E-state index is 0.000318. The standard InChI is InChI=1S/C29H31FN2O6S2/c1-29(2,3)38-28(33)31(4)16-19-14-24(22-12-7-8-13-23(22)30)32(17-19)40(34,35)21-11-9-10-20(15-21)27-26(37-6)25(36-5)18-39-27/h7-15,17-18H,16H2,1-6H3. The van der Waals surface area contributed by atoms with Gasteiger partial charge in [0.05, 0.1) is 36.2 Å². The molecule has 1 amide bonds. The van der Waals surface area contributed by atoms with Crippen LogP contribution in [0.2, 0.25) is 0 Å². The molecule has 2 aromatic carbocycles. The fraction of sp³-hybridized carbons (Fsp3) is 0.276. The number of hydrogen-bond acceptors (Lipinski definition) is 7. The lowest BCUT2D eigenvalue weighted by atomic mass is 10.1. The monoisotopic (exact) mass is 586 g/mol. The smallest absolute Gasteiger partial charge is 0.410 e. The fourth-order valence-electron chi connectivity index (χ4n) is 4.10. The van der Waals surface area contributed by atoms with E-state index in [0.717, 1.165) is 3.97 Å². The second kappa shape index (κ2) is 11.3. The van der Waals surface area contributed by atoms with Crippen molar-refractivity contribution in [2.75, 3.05) is 21.3 Å². The van der Waals surface area contributed by atoms with Crippen LogP contribution in [-0.4, -0.2) is 50.3 Å². The molecule has 0 aliphatic carbocycles. The van der Waals surface area contributed by atoms with Crippen LogP contribution in [0.3, 0.4) is 0 Å². The normalized spacial score (nSPS) is 11.8. The highest BCUT2D eigenvalue weighted by Gasteiger charge is 2.26. The summed E-state index contributed by atoms with van der Waals surface area (Å²) in [7, 11) is 0.401. The van der Waals surface area contributed by atoms with Crippen LogP contribution >= 0.6 is 11.3 Å². The third kappa shape index (κ3) is 6.00. The fourth-order valence-corrected chi connectivity index (χ4v) is 6.52. The first kappa shape index (κ1) is 29.2. The van der Waals surface area contributed by atoms with Gasteiger partial charge in [0, 0.05) is 24.2 Å². The number of rotatable bonds is 8. The van der Waals surface area contributed by atoms with E-state index in [4.69, 9.17) is 14.2 Å². The number of nitrogens with zero attached hydrogens (tertiary/aromatic N) is 2. The molecule has 0 spiro atoms. The van der Waals surface area contributed by atoms with Gasteiger partial charge in [-0.25, -0.2) is 21.6 Å². The van der Waals surface area contributed by atoms with Crippen LogP contribution < -0.4 is 9.47 Å². The summed E-state index contributed by atoms with van der Waals surface area (Å²) in [5, 5.41) is 1.78. The van der Waals surface area contributed by atoms with Gasteiger partial charge in [0.15, 0.2) is 11.5 Å². The lowest BCUT2D eigenvalue weighted by Crippen LogP contribution is -2.33. The lowest BCUT2D eigenvalue weighted by molar-refractivity contribution is 0.0285. The van der Waals surface area contributed by atoms with Gasteiger partial charge < -0.3 is 19.1 Å². The maximum atomic E-state index is 14.9. The number of ether oxygens (including phenoxy) is 3. The van der Waals surface area contributed by atoms with Crippen molar-refractivity contribution in [1.82, 2.24) is 8.87 Å². The average Bonchev–Trinajstić information content (AvgIpc) is 3.52. The van der Waals surface area contributed by atoms with E-state index < -0.39 is 27.5 Å². The first-order chi connectivity index (χ1) is 18.9. The van der Waals surface area contributed by atoms with Gasteiger partial charge in [0.1, 0.15) is 11.4 Å². The number of hydrogen-bond donors (Lipinski definition) is 0. The maximum Gasteiger partial charge on any atom is 0.410 e. The molecule has 11 heteroatoms. The van der Waals surface area contributed by atoms with Crippen LogP contribution in [-0.2, 0) is 21.3 Å². The summed E-state index contributed by atoms with van der Waals surface area (Å²) in [6.45, 7) is 5.32. The first-order valence-electron chi connectivity index (χ1n) is 12.3. The van der Waals surface area contributed by atoms with Gasteiger partial charge in [-0.05, 0) is 62.2 Å². The molecule has 0 radical (unpaired) electrons. The molecule has 0 bridgehead atoms. The summed E-state index contributed by atoms with van der Waals surface area (Å²) in [5.74, 6) is 0.470. The van der Waals surface area contributed by atoms with Crippen molar-refractivity contribution >= 4 is 27.5 Å². The van der Waals surface area contributed by atoms with E-state index in [9.17, 15) is 17.6 Å². The molecule has 0 saturated heterocycles. The summed E-state index contributed by atoms with van der Waals surface area (Å²) in [4.78, 5) is 14.6. The molecule has 4 rings (SSSR count). The summed E-state index contributed by atoms with van der Waals surface area (Å²) >= 11 is 1.36. The van der Waals surface area contributed by atoms with Crippen molar-refractivity contribution in [2.24, 2.45) is 0 Å². The number of thiophene rings is 1. The third-order valence-corrected chi connectivity index (χ3v) is 8.57. The van der Waals surface area contributed by atoms with Gasteiger partial charge in [0.25, 0.3) is 10.0 Å². The second-order valence-electron chi connectivity index (χ2n) is 10.0. The number of carbonyl (C=O) groups excluding carboxylic acids is 1. The van der Waals surface area contributed by atoms with Crippen LogP contribution in [0.5, 0.6) is 11.5 Å². The predicted octanol–water partition coefficient (Wildman–Crippen LogP) is 6.64. The van der Waals surface area contributed by atoms with E-state index >= 15 is 0 Å². The lowest BCUT2D eigenvalue weighted by Gasteiger charge is -2.24. The molecule has 0 saturated carbocycles. The highest BCUT2D eigenvalue weighted by molar-refractivity contribution is 7.90. The Morgan fingerprint density at radius 3 is 2.42 bits per heavy atom. The summed E-state index contributed by atoms with van der Waals surface area (Å²) in [6.07, 6.45) is 0.836. The van der Waals surface area contributed by atoms with Gasteiger partial charge in [-0.15, -0.1) is 11.3 Å². The molecule has 8 nitrogen and oxygen atoms in total. The highest BCUT2D eigenvalue weighted by Crippen LogP contribution is 2.44. The zero-order valence-corrected chi connectivity index (χ0v) is 24.7. The van der Waals surface area contributed by atoms with Gasteiger partial charge in [0.2, 0.25) is 0 Å². The first-order valence-corrected chi connectivity index (χ1v) is 14.6. The molecule has 4 aromatic rings. The van der Waals surface area contributed by atoms with Crippen molar-refractivity contribution in [1.29, 1.82) is 0 Å². The molecular weight excluding hydrogens is 555 g/mol. The molecule has 0 fully saturated rings. The third-order valence-electron chi connectivity index (χ3n) is 5.91. The largest absolute Gasteiger partial charge is 0.492 e. The Hall–Kier alpha value is -3.83. The molecule has 2 aromatic heterocycles. The number of halogens is 1. The Kier molecular flexibility index (Phi) is 8.27. The molecule has 2 heterocycles. The predicted molar refractivity (Wildman–Crippen MR) is 153 cm³/mol. The number of carbonyl (C=O) groups is 1. The number of amides is 1. The Labute approximate surface area is 237 Å². The van der Waals surface area contributed by atoms with Crippen molar-refractivity contribution in [3.63, 3.8) is 0 Å². The van der Waals surface area contributed by atoms with Crippen molar-refractivity contribution in [2.45, 2.75) is 37.8 Å². The Bertz CT molecular complexity index is 1640. The molecular formula is C29H31FN2O6S2. The molecule has 0 N–H and O–H groups in total. The zero-order valence-electron chi connectivity index (χ0n) is 23.1. The number of methoxy groups -OCH3 is 2. The van der Waals surface area contributed by atoms with E-state index in [0.29, 0.717) is 27.5 Å². The Morgan fingerprint density at radius 1 is 1.05 bits per heavy atom. The summed E-state index contributed by atoms with van der Waals surface area (Å²) < 4.78 is 60.3. The SMILES string of the molecule is COc1csc(-c2cccc(S(=O)(=O)n3cc(CN(C)C(=O)OC(C)(C)C)cc3-c3ccccc3F)c2)c1OC. The van der Waals surface area contributed by atoms with E-state index in [1.165, 1.54) is 60.9 Å². The van der Waals surface area contributed by atoms with Gasteiger partial charge in [-0.3, -0.25) is 0 Å². The van der Waals surface area contributed by atoms with Crippen molar-refractivity contribution in [3.8, 4) is 33.2 Å². The molecule has 0 unspecified atom stereocenters. The number of aromatic nitrogens is 1. The van der Waals surface area contributed by atoms with Crippen molar-refractivity contribution < 1.29 is 31.8 Å². The van der Waals surface area contributed by atoms with Crippen molar-refractivity contribution in [3.05, 3.63) is 77.6 Å². The molecule has 0 aliphatic heterocycles. The van der Waals surface area contributed by atoms with Crippen LogP contribution in [0.15, 0.2) is 71.1 Å². The van der Waals surface area contributed by atoms with E-state index in [2.05, 4.69) is 0 Å². The van der Waals surface area contributed by atoms with E-state index in [1.54, 1.807) is 63.5 Å². The Morgan fingerprint density at radius 2 is 1.77 bits per heavy atom. The number of benzene rings is 2. The van der Waals surface area contributed by atoms with Gasteiger partial charge >= 0.3 is 6.09 Å². The molecule has 212 valence electrons. The topological polar surface area (TPSA) is 87.1 Å². The average molecular weight is 587 g/mol. The zero-order chi connectivity index (χ0) is 29.2. The van der Waals surface area contributed by atoms with Gasteiger partial charge in [-0.1, -0.05) is 24.3 Å². The van der Waals surface area contributed by atoms with Crippen LogP contribution in [0.1, 0.15) is 26.3 Å². The van der Waals surface area contributed by atoms with E-state index in [-0.39, 0.29) is 22.7 Å². The maximum absolute atomic E-state index is 14.9. The van der Waals surface area contributed by atoms with Crippen LogP contribution in [0.25, 0.3) is 21.7 Å². The molecule has 40 heavy (non-hydrogen) atoms. The Balaban J connectivity index is 1.79. The molecule has 0 atom stereocenters. The molecule has 0 aliphatic rings. The summed E-state index contributed by atoms with van der Waals surface area (Å²) in [5.41, 5.74) is 0.649. The second-order valence-corrected chi connectivity index (χ2v) is 12.7.